The second-order valence-electron chi connectivity index (χ2n) is 5.96. The molecule has 2 aromatic rings. The van der Waals surface area contributed by atoms with Gasteiger partial charge in [0.2, 0.25) is 6.54 Å². The number of benzene rings is 2. The number of carbonyl (C=O) groups is 1. The summed E-state index contributed by atoms with van der Waals surface area (Å²) >= 11 is 0. The van der Waals surface area contributed by atoms with Crippen LogP contribution in [0.3, 0.4) is 0 Å². The molecule has 0 atom stereocenters. The molecule has 0 saturated carbocycles. The predicted molar refractivity (Wildman–Crippen MR) is 93.1 cm³/mol. The Bertz CT molecular complexity index is 841. The van der Waals surface area contributed by atoms with Gasteiger partial charge in [-0.1, -0.05) is 24.3 Å². The minimum Gasteiger partial charge on any atom is -0.289 e. The highest BCUT2D eigenvalue weighted by Gasteiger charge is 2.20. The summed E-state index contributed by atoms with van der Waals surface area (Å²) in [5.74, 6) is -0.0870. The molecule has 24 heavy (non-hydrogen) atoms. The molecule has 0 aromatic heterocycles. The first-order chi connectivity index (χ1) is 11.6. The molecule has 0 amide bonds. The maximum atomic E-state index is 13.0. The van der Waals surface area contributed by atoms with Crippen molar-refractivity contribution in [1.82, 2.24) is 0 Å². The Hall–Kier alpha value is -2.82. The van der Waals surface area contributed by atoms with Crippen LogP contribution in [0.4, 0.5) is 5.69 Å². The number of aryl methyl sites for hydroxylation is 3. The fourth-order valence-corrected chi connectivity index (χ4v) is 3.08. The number of aliphatic imine (C=N–C) groups is 1. The molecule has 5 heteroatoms. The largest absolute Gasteiger partial charge is 0.289 e. The van der Waals surface area contributed by atoms with Crippen LogP contribution >= 0.6 is 0 Å². The summed E-state index contributed by atoms with van der Waals surface area (Å²) in [5, 5.41) is 10.5. The molecule has 0 fully saturated rings. The Kier molecular flexibility index (Phi) is 4.51. The van der Waals surface area contributed by atoms with Crippen molar-refractivity contribution in [2.45, 2.75) is 26.2 Å². The van der Waals surface area contributed by atoms with E-state index in [-0.39, 0.29) is 12.3 Å². The average molecular weight is 322 g/mol. The third kappa shape index (κ3) is 3.25. The van der Waals surface area contributed by atoms with Crippen LogP contribution in [0.25, 0.3) is 0 Å². The molecule has 1 aliphatic rings. The van der Waals surface area contributed by atoms with Gasteiger partial charge in [-0.2, -0.15) is 0 Å². The zero-order valence-electron chi connectivity index (χ0n) is 13.5. The molecule has 0 radical (unpaired) electrons. The van der Waals surface area contributed by atoms with E-state index < -0.39 is 4.92 Å². The lowest BCUT2D eigenvalue weighted by molar-refractivity contribution is -0.462. The van der Waals surface area contributed by atoms with Crippen molar-refractivity contribution in [1.29, 1.82) is 0 Å². The maximum absolute atomic E-state index is 13.0. The number of nitrogens with zero attached hydrogens (tertiary/aromatic N) is 2. The summed E-state index contributed by atoms with van der Waals surface area (Å²) < 4.78 is 0. The second-order valence-corrected chi connectivity index (χ2v) is 5.96. The lowest BCUT2D eigenvalue weighted by Crippen LogP contribution is -2.06. The van der Waals surface area contributed by atoms with Gasteiger partial charge in [-0.25, -0.2) is 0 Å². The van der Waals surface area contributed by atoms with Crippen molar-refractivity contribution < 1.29 is 9.72 Å². The molecular weight excluding hydrogens is 304 g/mol. The number of hydrogen-bond acceptors (Lipinski definition) is 4. The predicted octanol–water partition coefficient (Wildman–Crippen LogP) is 3.69. The van der Waals surface area contributed by atoms with E-state index in [1.807, 2.05) is 37.3 Å². The van der Waals surface area contributed by atoms with E-state index in [1.54, 1.807) is 6.07 Å². The van der Waals surface area contributed by atoms with Crippen LogP contribution in [0.15, 0.2) is 41.4 Å². The Labute approximate surface area is 140 Å². The van der Waals surface area contributed by atoms with Crippen molar-refractivity contribution >= 4 is 17.7 Å². The van der Waals surface area contributed by atoms with E-state index in [1.165, 1.54) is 17.3 Å². The molecule has 5 nitrogen and oxygen atoms in total. The maximum Gasteiger partial charge on any atom is 0.238 e. The van der Waals surface area contributed by atoms with Gasteiger partial charge in [0.15, 0.2) is 5.78 Å². The molecule has 2 aromatic carbocycles. The molecule has 0 spiro atoms. The van der Waals surface area contributed by atoms with Crippen LogP contribution in [-0.4, -0.2) is 23.5 Å². The van der Waals surface area contributed by atoms with Crippen LogP contribution in [-0.2, 0) is 12.8 Å². The molecule has 122 valence electrons. The Morgan fingerprint density at radius 3 is 2.62 bits per heavy atom. The van der Waals surface area contributed by atoms with Crippen molar-refractivity contribution in [3.63, 3.8) is 0 Å². The molecule has 0 saturated heterocycles. The van der Waals surface area contributed by atoms with Crippen molar-refractivity contribution in [3.05, 3.63) is 74.3 Å². The monoisotopic (exact) mass is 322 g/mol. The number of nitro groups is 1. The molecule has 0 heterocycles. The molecule has 3 rings (SSSR count). The van der Waals surface area contributed by atoms with Crippen LogP contribution in [0.1, 0.15) is 39.0 Å². The summed E-state index contributed by atoms with van der Waals surface area (Å²) in [6.45, 7) is 1.55. The molecule has 0 aliphatic heterocycles. The Morgan fingerprint density at radius 2 is 1.92 bits per heavy atom. The first-order valence-electron chi connectivity index (χ1n) is 7.96. The summed E-state index contributed by atoms with van der Waals surface area (Å²) in [6, 6.07) is 11.3. The van der Waals surface area contributed by atoms with Crippen LogP contribution in [0, 0.1) is 17.0 Å². The van der Waals surface area contributed by atoms with Gasteiger partial charge in [0.25, 0.3) is 0 Å². The second kappa shape index (κ2) is 6.74. The number of rotatable bonds is 5. The van der Waals surface area contributed by atoms with Crippen LogP contribution < -0.4 is 0 Å². The zero-order valence-corrected chi connectivity index (χ0v) is 13.5. The van der Waals surface area contributed by atoms with Crippen LogP contribution in [0.5, 0.6) is 0 Å². The van der Waals surface area contributed by atoms with E-state index in [4.69, 9.17) is 0 Å². The molecule has 1 aliphatic carbocycles. The van der Waals surface area contributed by atoms with E-state index in [0.29, 0.717) is 16.8 Å². The first kappa shape index (κ1) is 16.1. The van der Waals surface area contributed by atoms with Gasteiger partial charge in [0.05, 0.1) is 11.9 Å². The summed E-state index contributed by atoms with van der Waals surface area (Å²) in [7, 11) is 0. The zero-order chi connectivity index (χ0) is 17.1. The van der Waals surface area contributed by atoms with Crippen molar-refractivity contribution in [2.75, 3.05) is 6.54 Å². The summed E-state index contributed by atoms with van der Waals surface area (Å²) in [6.07, 6.45) is 4.24. The number of ketones is 1. The minimum atomic E-state index is -0.445. The Balaban J connectivity index is 2.05. The number of carbonyl (C=O) groups excluding carboxylic acids is 1. The van der Waals surface area contributed by atoms with Gasteiger partial charge in [-0.05, 0) is 55.0 Å². The van der Waals surface area contributed by atoms with E-state index in [9.17, 15) is 14.9 Å². The molecule has 0 unspecified atom stereocenters. The summed E-state index contributed by atoms with van der Waals surface area (Å²) in [4.78, 5) is 27.3. The van der Waals surface area contributed by atoms with Gasteiger partial charge in [-0.3, -0.25) is 19.9 Å². The normalized spacial score (nSPS) is 13.2. The standard InChI is InChI=1S/C19H18N2O3/c1-13-5-2-3-8-16(13)19(22)17-11-14-6-4-7-15(14)12-18(17)20-9-10-21(23)24/h2-3,5,8-9,11-12H,4,6-7,10H2,1H3. The van der Waals surface area contributed by atoms with Crippen molar-refractivity contribution in [3.8, 4) is 0 Å². The van der Waals surface area contributed by atoms with E-state index in [0.717, 1.165) is 24.8 Å². The smallest absolute Gasteiger partial charge is 0.238 e. The number of hydrogen-bond donors (Lipinski definition) is 0. The highest BCUT2D eigenvalue weighted by atomic mass is 16.6. The van der Waals surface area contributed by atoms with Gasteiger partial charge in [-0.15, -0.1) is 0 Å². The fourth-order valence-electron chi connectivity index (χ4n) is 3.08. The lowest BCUT2D eigenvalue weighted by atomic mass is 9.95. The summed E-state index contributed by atoms with van der Waals surface area (Å²) in [5.41, 5.74) is 4.95. The third-order valence-corrected chi connectivity index (χ3v) is 4.31. The van der Waals surface area contributed by atoms with Gasteiger partial charge in [0.1, 0.15) is 0 Å². The highest BCUT2D eigenvalue weighted by molar-refractivity contribution is 6.13. The fraction of sp³-hybridized carbons (Fsp3) is 0.263. The molecule has 0 bridgehead atoms. The first-order valence-corrected chi connectivity index (χ1v) is 7.96. The Morgan fingerprint density at radius 1 is 1.21 bits per heavy atom. The van der Waals surface area contributed by atoms with E-state index in [2.05, 4.69) is 4.99 Å². The number of fused-ring (bicyclic) bond motifs is 1. The van der Waals surface area contributed by atoms with Gasteiger partial charge >= 0.3 is 0 Å². The highest BCUT2D eigenvalue weighted by Crippen LogP contribution is 2.32. The lowest BCUT2D eigenvalue weighted by Gasteiger charge is -2.10. The quantitative estimate of drug-likeness (QED) is 0.365. The van der Waals surface area contributed by atoms with Gasteiger partial charge in [0, 0.05) is 16.1 Å². The topological polar surface area (TPSA) is 72.6 Å². The SMILES string of the molecule is Cc1ccccc1C(=O)c1cc2c(cc1N=CC[N+](=O)[O-])CCC2. The molecule has 0 N–H and O–H groups in total. The van der Waals surface area contributed by atoms with E-state index >= 15 is 0 Å². The molecular formula is C19H18N2O3. The minimum absolute atomic E-state index is 0.0870. The van der Waals surface area contributed by atoms with Crippen molar-refractivity contribution in [2.24, 2.45) is 4.99 Å². The van der Waals surface area contributed by atoms with Crippen LogP contribution in [0.2, 0.25) is 0 Å². The average Bonchev–Trinajstić information content (AvgIpc) is 3.01. The third-order valence-electron chi connectivity index (χ3n) is 4.31. The van der Waals surface area contributed by atoms with Gasteiger partial charge < -0.3 is 0 Å².